The maximum Gasteiger partial charge on any atom is 0.490 e. The van der Waals surface area contributed by atoms with Crippen LogP contribution in [0.25, 0.3) is 0 Å². The highest BCUT2D eigenvalue weighted by Gasteiger charge is 2.41. The van der Waals surface area contributed by atoms with Crippen LogP contribution in [-0.4, -0.2) is 76.5 Å². The average Bonchev–Trinajstić information content (AvgIpc) is 3.23. The zero-order chi connectivity index (χ0) is 21.9. The summed E-state index contributed by atoms with van der Waals surface area (Å²) in [5.74, 6) is -0.228. The van der Waals surface area contributed by atoms with Crippen LogP contribution in [0.1, 0.15) is 29.9 Å². The second-order valence-electron chi connectivity index (χ2n) is 8.16. The number of hydrogen-bond acceptors (Lipinski definition) is 5. The third-order valence-corrected chi connectivity index (χ3v) is 5.82. The Morgan fingerprint density at radius 3 is 2.60 bits per heavy atom. The van der Waals surface area contributed by atoms with E-state index in [1.54, 1.807) is 17.0 Å². The summed E-state index contributed by atoms with van der Waals surface area (Å²) in [4.78, 5) is 27.8. The molecule has 168 valence electrons. The molecule has 30 heavy (non-hydrogen) atoms. The molecule has 1 saturated carbocycles. The van der Waals surface area contributed by atoms with Gasteiger partial charge in [0.1, 0.15) is 0 Å². The van der Waals surface area contributed by atoms with Gasteiger partial charge in [0.2, 0.25) is 0 Å². The summed E-state index contributed by atoms with van der Waals surface area (Å²) < 4.78 is 39.5. The van der Waals surface area contributed by atoms with Crippen molar-refractivity contribution in [2.75, 3.05) is 32.8 Å². The minimum atomic E-state index is -5.08. The van der Waals surface area contributed by atoms with E-state index in [-0.39, 0.29) is 12.0 Å². The number of rotatable bonds is 5. The van der Waals surface area contributed by atoms with Crippen molar-refractivity contribution in [3.8, 4) is 0 Å². The van der Waals surface area contributed by atoms with E-state index in [1.165, 1.54) is 38.9 Å². The zero-order valence-corrected chi connectivity index (χ0v) is 16.8. The number of amides is 1. The molecule has 2 aliphatic heterocycles. The van der Waals surface area contributed by atoms with E-state index < -0.39 is 12.1 Å². The molecule has 4 rings (SSSR count). The molecule has 3 aliphatic rings. The van der Waals surface area contributed by atoms with E-state index in [4.69, 9.17) is 14.6 Å². The first kappa shape index (κ1) is 22.5. The van der Waals surface area contributed by atoms with Crippen molar-refractivity contribution in [1.82, 2.24) is 19.8 Å². The maximum atomic E-state index is 12.2. The Bertz CT molecular complexity index is 750. The lowest BCUT2D eigenvalue weighted by atomic mass is 9.84. The molecule has 0 aromatic carbocycles. The van der Waals surface area contributed by atoms with E-state index in [0.29, 0.717) is 24.2 Å². The number of halogens is 3. The van der Waals surface area contributed by atoms with Gasteiger partial charge in [-0.2, -0.15) is 13.2 Å². The topological polar surface area (TPSA) is 96.7 Å². The lowest BCUT2D eigenvalue weighted by molar-refractivity contribution is -0.192. The number of carboxylic acids is 1. The van der Waals surface area contributed by atoms with Crippen molar-refractivity contribution in [1.29, 1.82) is 0 Å². The number of aryl methyl sites for hydroxylation is 1. The number of aliphatic carboxylic acids is 1. The average molecular weight is 432 g/mol. The fourth-order valence-corrected chi connectivity index (χ4v) is 4.06. The molecule has 0 radical (unpaired) electrons. The summed E-state index contributed by atoms with van der Waals surface area (Å²) in [5, 5.41) is 10.1. The summed E-state index contributed by atoms with van der Waals surface area (Å²) in [6.07, 6.45) is 2.54. The van der Waals surface area contributed by atoms with Gasteiger partial charge in [0, 0.05) is 45.0 Å². The molecule has 2 saturated heterocycles. The van der Waals surface area contributed by atoms with E-state index in [9.17, 15) is 18.0 Å². The number of hydrogen-bond donors (Lipinski definition) is 2. The van der Waals surface area contributed by atoms with Crippen molar-refractivity contribution in [3.05, 3.63) is 18.2 Å². The number of imidazole rings is 1. The van der Waals surface area contributed by atoms with Crippen LogP contribution in [0.3, 0.4) is 0 Å². The molecule has 3 atom stereocenters. The van der Waals surface area contributed by atoms with E-state index in [1.807, 2.05) is 7.05 Å². The van der Waals surface area contributed by atoms with Crippen LogP contribution in [0.5, 0.6) is 0 Å². The molecule has 1 amide bonds. The number of carboxylic acid groups (broad SMARTS) is 1. The molecular weight excluding hydrogens is 405 g/mol. The smallest absolute Gasteiger partial charge is 0.475 e. The summed E-state index contributed by atoms with van der Waals surface area (Å²) >= 11 is 0. The van der Waals surface area contributed by atoms with Gasteiger partial charge >= 0.3 is 12.1 Å². The molecular formula is C19H27F3N4O4. The first-order valence-electron chi connectivity index (χ1n) is 10.0. The molecule has 0 unspecified atom stereocenters. The monoisotopic (exact) mass is 432 g/mol. The minimum Gasteiger partial charge on any atom is -0.475 e. The fraction of sp³-hybridized carbons (Fsp3) is 0.737. The van der Waals surface area contributed by atoms with Crippen LogP contribution >= 0.6 is 0 Å². The predicted molar refractivity (Wildman–Crippen MR) is 99.7 cm³/mol. The maximum absolute atomic E-state index is 12.2. The van der Waals surface area contributed by atoms with Crippen LogP contribution in [0.15, 0.2) is 12.4 Å². The molecule has 1 aliphatic carbocycles. The quantitative estimate of drug-likeness (QED) is 0.733. The Balaban J connectivity index is 0.000000318. The number of likely N-dealkylation sites (tertiary alicyclic amines) is 1. The van der Waals surface area contributed by atoms with Crippen LogP contribution in [-0.2, 0) is 16.6 Å². The van der Waals surface area contributed by atoms with E-state index in [2.05, 4.69) is 15.2 Å². The van der Waals surface area contributed by atoms with Crippen molar-refractivity contribution in [3.63, 3.8) is 0 Å². The standard InChI is InChI=1S/C17H26N4O2.C2HF3O2/c1-20-7-5-18-16(20)17(22)19-8-15-14-4-6-21(9-12-2-3-12)10-13(14)11-23-15;3-2(4,5)1(6)7/h5,7,12-15H,2-4,6,8-11H2,1H3,(H,19,22);(H,6,7)/t13-,14-,15+;/m1./s1. The van der Waals surface area contributed by atoms with Crippen LogP contribution in [0, 0.1) is 17.8 Å². The zero-order valence-electron chi connectivity index (χ0n) is 16.8. The number of alkyl halides is 3. The summed E-state index contributed by atoms with van der Waals surface area (Å²) in [6, 6.07) is 0. The highest BCUT2D eigenvalue weighted by atomic mass is 19.4. The fourth-order valence-electron chi connectivity index (χ4n) is 4.06. The minimum absolute atomic E-state index is 0.115. The Labute approximate surface area is 172 Å². The van der Waals surface area contributed by atoms with Crippen molar-refractivity contribution >= 4 is 11.9 Å². The third kappa shape index (κ3) is 5.94. The number of carbonyl (C=O) groups excluding carboxylic acids is 1. The number of carbonyl (C=O) groups is 2. The van der Waals surface area contributed by atoms with Gasteiger partial charge in [0.05, 0.1) is 12.7 Å². The lowest BCUT2D eigenvalue weighted by Crippen LogP contribution is -2.44. The van der Waals surface area contributed by atoms with Gasteiger partial charge in [0.25, 0.3) is 5.91 Å². The van der Waals surface area contributed by atoms with E-state index in [0.717, 1.165) is 12.5 Å². The highest BCUT2D eigenvalue weighted by molar-refractivity contribution is 5.90. The number of fused-ring (bicyclic) bond motifs is 1. The van der Waals surface area contributed by atoms with Gasteiger partial charge in [-0.15, -0.1) is 0 Å². The van der Waals surface area contributed by atoms with Crippen LogP contribution < -0.4 is 5.32 Å². The number of nitrogens with one attached hydrogen (secondary N) is 1. The molecule has 2 N–H and O–H groups in total. The number of piperidine rings is 1. The predicted octanol–water partition coefficient (Wildman–Crippen LogP) is 1.53. The Hall–Kier alpha value is -2.14. The summed E-state index contributed by atoms with van der Waals surface area (Å²) in [7, 11) is 1.83. The Kier molecular flexibility index (Phi) is 7.02. The summed E-state index contributed by atoms with van der Waals surface area (Å²) in [6.45, 7) is 5.07. The van der Waals surface area contributed by atoms with Gasteiger partial charge in [-0.05, 0) is 37.6 Å². The summed E-state index contributed by atoms with van der Waals surface area (Å²) in [5.41, 5.74) is 0. The molecule has 11 heteroatoms. The highest BCUT2D eigenvalue weighted by Crippen LogP contribution is 2.36. The van der Waals surface area contributed by atoms with Gasteiger partial charge in [-0.25, -0.2) is 9.78 Å². The van der Waals surface area contributed by atoms with Gasteiger partial charge < -0.3 is 24.6 Å². The number of nitrogens with zero attached hydrogens (tertiary/aromatic N) is 3. The second-order valence-corrected chi connectivity index (χ2v) is 8.16. The van der Waals surface area contributed by atoms with Crippen LogP contribution in [0.4, 0.5) is 13.2 Å². The van der Waals surface area contributed by atoms with Gasteiger partial charge in [-0.3, -0.25) is 4.79 Å². The Morgan fingerprint density at radius 1 is 1.33 bits per heavy atom. The molecule has 0 bridgehead atoms. The normalized spacial score (nSPS) is 26.5. The first-order valence-corrected chi connectivity index (χ1v) is 10.0. The second kappa shape index (κ2) is 9.34. The van der Waals surface area contributed by atoms with Crippen molar-refractivity contribution in [2.24, 2.45) is 24.8 Å². The van der Waals surface area contributed by atoms with Gasteiger partial charge in [0.15, 0.2) is 5.82 Å². The van der Waals surface area contributed by atoms with E-state index >= 15 is 0 Å². The molecule has 3 fully saturated rings. The molecule has 3 heterocycles. The first-order chi connectivity index (χ1) is 14.1. The molecule has 1 aromatic heterocycles. The van der Waals surface area contributed by atoms with Crippen molar-refractivity contribution < 1.29 is 32.6 Å². The third-order valence-electron chi connectivity index (χ3n) is 5.82. The Morgan fingerprint density at radius 2 is 2.03 bits per heavy atom. The van der Waals surface area contributed by atoms with Gasteiger partial charge in [-0.1, -0.05) is 0 Å². The van der Waals surface area contributed by atoms with Crippen LogP contribution in [0.2, 0.25) is 0 Å². The van der Waals surface area contributed by atoms with Crippen molar-refractivity contribution in [2.45, 2.75) is 31.5 Å². The lowest BCUT2D eigenvalue weighted by Gasteiger charge is -2.35. The SMILES string of the molecule is Cn1ccnc1C(=O)NC[C@@H]1OC[C@H]2CN(CC3CC3)CC[C@H]21.O=C(O)C(F)(F)F. The number of aromatic nitrogens is 2. The largest absolute Gasteiger partial charge is 0.490 e. The molecule has 0 spiro atoms. The number of ether oxygens (including phenoxy) is 1. The molecule has 1 aromatic rings. The molecule has 8 nitrogen and oxygen atoms in total.